The standard InChI is InChI=1S/C12H15BrClN3O2S/c1-8(14)11-16-10-6-9(13)7-15-12(10)17(11)4-3-5-20(2,18)19/h6-8H,3-5H2,1-2H3. The lowest BCUT2D eigenvalue weighted by Crippen LogP contribution is -2.10. The summed E-state index contributed by atoms with van der Waals surface area (Å²) < 4.78 is 25.2. The number of aromatic nitrogens is 3. The van der Waals surface area contributed by atoms with Crippen LogP contribution in [0.2, 0.25) is 0 Å². The van der Waals surface area contributed by atoms with E-state index in [0.717, 1.165) is 15.6 Å². The minimum atomic E-state index is -2.97. The summed E-state index contributed by atoms with van der Waals surface area (Å²) in [6.07, 6.45) is 3.44. The summed E-state index contributed by atoms with van der Waals surface area (Å²) in [6.45, 7) is 2.37. The summed E-state index contributed by atoms with van der Waals surface area (Å²) in [7, 11) is -2.97. The zero-order chi connectivity index (χ0) is 14.9. The van der Waals surface area contributed by atoms with Gasteiger partial charge < -0.3 is 4.57 Å². The molecule has 2 rings (SSSR count). The molecule has 1 atom stereocenters. The van der Waals surface area contributed by atoms with Crippen LogP contribution >= 0.6 is 27.5 Å². The van der Waals surface area contributed by atoms with Crippen molar-refractivity contribution in [3.05, 3.63) is 22.6 Å². The van der Waals surface area contributed by atoms with Gasteiger partial charge in [-0.3, -0.25) is 0 Å². The van der Waals surface area contributed by atoms with Crippen molar-refractivity contribution >= 4 is 48.5 Å². The largest absolute Gasteiger partial charge is 0.311 e. The van der Waals surface area contributed by atoms with Gasteiger partial charge in [-0.2, -0.15) is 0 Å². The van der Waals surface area contributed by atoms with Crippen molar-refractivity contribution in [1.29, 1.82) is 0 Å². The Labute approximate surface area is 131 Å². The van der Waals surface area contributed by atoms with E-state index in [9.17, 15) is 8.42 Å². The Bertz CT molecular complexity index is 728. The number of fused-ring (bicyclic) bond motifs is 1. The smallest absolute Gasteiger partial charge is 0.160 e. The maximum Gasteiger partial charge on any atom is 0.160 e. The van der Waals surface area contributed by atoms with Gasteiger partial charge in [-0.25, -0.2) is 18.4 Å². The molecule has 5 nitrogen and oxygen atoms in total. The van der Waals surface area contributed by atoms with Crippen LogP contribution in [-0.2, 0) is 16.4 Å². The Balaban J connectivity index is 2.36. The SMILES string of the molecule is CC(Cl)c1nc2cc(Br)cnc2n1CCCS(C)(=O)=O. The van der Waals surface area contributed by atoms with E-state index in [0.29, 0.717) is 18.8 Å². The fourth-order valence-electron chi connectivity index (χ4n) is 2.01. The van der Waals surface area contributed by atoms with Crippen LogP contribution in [-0.4, -0.2) is 35.0 Å². The van der Waals surface area contributed by atoms with Gasteiger partial charge in [0.05, 0.1) is 11.1 Å². The first-order chi connectivity index (χ1) is 9.28. The molecule has 2 aromatic heterocycles. The number of hydrogen-bond donors (Lipinski definition) is 0. The maximum atomic E-state index is 11.2. The predicted octanol–water partition coefficient (Wildman–Crippen LogP) is 2.93. The van der Waals surface area contributed by atoms with Crippen molar-refractivity contribution < 1.29 is 8.42 Å². The van der Waals surface area contributed by atoms with Gasteiger partial charge in [-0.1, -0.05) is 0 Å². The van der Waals surface area contributed by atoms with E-state index in [4.69, 9.17) is 11.6 Å². The molecule has 0 saturated carbocycles. The highest BCUT2D eigenvalue weighted by Gasteiger charge is 2.16. The van der Waals surface area contributed by atoms with Crippen molar-refractivity contribution in [3.63, 3.8) is 0 Å². The van der Waals surface area contributed by atoms with Crippen LogP contribution in [0.5, 0.6) is 0 Å². The molecule has 0 aliphatic carbocycles. The Morgan fingerprint density at radius 3 is 2.80 bits per heavy atom. The fourth-order valence-corrected chi connectivity index (χ4v) is 3.15. The molecule has 0 amide bonds. The Morgan fingerprint density at radius 1 is 1.50 bits per heavy atom. The number of alkyl halides is 1. The third-order valence-corrected chi connectivity index (χ3v) is 4.49. The topological polar surface area (TPSA) is 64.8 Å². The van der Waals surface area contributed by atoms with E-state index < -0.39 is 9.84 Å². The summed E-state index contributed by atoms with van der Waals surface area (Å²) in [5.41, 5.74) is 1.48. The van der Waals surface area contributed by atoms with Crippen molar-refractivity contribution in [2.45, 2.75) is 25.3 Å². The third kappa shape index (κ3) is 3.71. The molecule has 0 aromatic carbocycles. The first-order valence-corrected chi connectivity index (χ1v) is 9.40. The number of imidazole rings is 1. The third-order valence-electron chi connectivity index (χ3n) is 2.83. The second kappa shape index (κ2) is 5.99. The van der Waals surface area contributed by atoms with Gasteiger partial charge >= 0.3 is 0 Å². The lowest BCUT2D eigenvalue weighted by Gasteiger charge is -2.09. The minimum absolute atomic E-state index is 0.138. The van der Waals surface area contributed by atoms with E-state index in [1.165, 1.54) is 6.26 Å². The number of hydrogen-bond acceptors (Lipinski definition) is 4. The van der Waals surface area contributed by atoms with Gasteiger partial charge in [0, 0.05) is 23.5 Å². The molecule has 2 aromatic rings. The van der Waals surface area contributed by atoms with E-state index >= 15 is 0 Å². The molecule has 0 aliphatic heterocycles. The number of sulfone groups is 1. The molecule has 0 spiro atoms. The molecule has 0 N–H and O–H groups in total. The van der Waals surface area contributed by atoms with E-state index in [2.05, 4.69) is 25.9 Å². The van der Waals surface area contributed by atoms with Gasteiger partial charge in [-0.15, -0.1) is 11.6 Å². The molecule has 0 aliphatic rings. The molecular formula is C12H15BrClN3O2S. The summed E-state index contributed by atoms with van der Waals surface area (Å²) in [5, 5.41) is -0.263. The molecule has 0 bridgehead atoms. The number of rotatable bonds is 5. The molecule has 0 radical (unpaired) electrons. The molecule has 20 heavy (non-hydrogen) atoms. The average molecular weight is 381 g/mol. The van der Waals surface area contributed by atoms with E-state index in [1.54, 1.807) is 6.20 Å². The van der Waals surface area contributed by atoms with Gasteiger partial charge in [0.2, 0.25) is 0 Å². The number of aryl methyl sites for hydroxylation is 1. The Hall–Kier alpha value is -0.660. The van der Waals surface area contributed by atoms with Crippen molar-refractivity contribution in [3.8, 4) is 0 Å². The zero-order valence-corrected chi connectivity index (χ0v) is 14.3. The molecule has 110 valence electrons. The van der Waals surface area contributed by atoms with Gasteiger partial charge in [0.15, 0.2) is 5.65 Å². The molecule has 0 saturated heterocycles. The number of nitrogens with zero attached hydrogens (tertiary/aromatic N) is 3. The van der Waals surface area contributed by atoms with Crippen molar-refractivity contribution in [1.82, 2.24) is 14.5 Å². The van der Waals surface area contributed by atoms with Crippen LogP contribution < -0.4 is 0 Å². The molecular weight excluding hydrogens is 366 g/mol. The second-order valence-corrected chi connectivity index (χ2v) is 8.55. The highest BCUT2D eigenvalue weighted by atomic mass is 79.9. The molecule has 8 heteroatoms. The number of halogens is 2. The van der Waals surface area contributed by atoms with E-state index in [-0.39, 0.29) is 11.1 Å². The van der Waals surface area contributed by atoms with Crippen molar-refractivity contribution in [2.24, 2.45) is 0 Å². The lowest BCUT2D eigenvalue weighted by molar-refractivity contribution is 0.589. The van der Waals surface area contributed by atoms with Crippen LogP contribution in [0.3, 0.4) is 0 Å². The second-order valence-electron chi connectivity index (χ2n) is 4.72. The summed E-state index contributed by atoms with van der Waals surface area (Å²) in [4.78, 5) is 8.82. The Kier molecular flexibility index (Phi) is 4.71. The molecule has 1 unspecified atom stereocenters. The van der Waals surface area contributed by atoms with Crippen molar-refractivity contribution in [2.75, 3.05) is 12.0 Å². The van der Waals surface area contributed by atoms with Crippen LogP contribution in [0, 0.1) is 0 Å². The average Bonchev–Trinajstić information content (AvgIpc) is 2.66. The van der Waals surface area contributed by atoms with Gasteiger partial charge in [0.25, 0.3) is 0 Å². The normalized spacial score (nSPS) is 13.8. The first-order valence-electron chi connectivity index (χ1n) is 6.11. The predicted molar refractivity (Wildman–Crippen MR) is 83.8 cm³/mol. The van der Waals surface area contributed by atoms with Crippen LogP contribution in [0.15, 0.2) is 16.7 Å². The van der Waals surface area contributed by atoms with Crippen LogP contribution in [0.4, 0.5) is 0 Å². The molecule has 0 fully saturated rings. The lowest BCUT2D eigenvalue weighted by atomic mass is 10.4. The minimum Gasteiger partial charge on any atom is -0.311 e. The van der Waals surface area contributed by atoms with Crippen LogP contribution in [0.1, 0.15) is 24.5 Å². The van der Waals surface area contributed by atoms with Gasteiger partial charge in [0.1, 0.15) is 21.2 Å². The number of pyridine rings is 1. The Morgan fingerprint density at radius 2 is 2.20 bits per heavy atom. The maximum absolute atomic E-state index is 11.2. The van der Waals surface area contributed by atoms with Crippen LogP contribution in [0.25, 0.3) is 11.2 Å². The first kappa shape index (κ1) is 15.7. The fraction of sp³-hybridized carbons (Fsp3) is 0.500. The van der Waals surface area contributed by atoms with Gasteiger partial charge in [-0.05, 0) is 35.3 Å². The summed E-state index contributed by atoms with van der Waals surface area (Å²) >= 11 is 9.51. The summed E-state index contributed by atoms with van der Waals surface area (Å²) in [5.74, 6) is 0.847. The zero-order valence-electron chi connectivity index (χ0n) is 11.2. The monoisotopic (exact) mass is 379 g/mol. The quantitative estimate of drug-likeness (QED) is 0.748. The summed E-state index contributed by atoms with van der Waals surface area (Å²) in [6, 6.07) is 1.87. The van der Waals surface area contributed by atoms with E-state index in [1.807, 2.05) is 17.6 Å². The molecule has 2 heterocycles. The highest BCUT2D eigenvalue weighted by Crippen LogP contribution is 2.25. The highest BCUT2D eigenvalue weighted by molar-refractivity contribution is 9.10.